The second-order valence-electron chi connectivity index (χ2n) is 4.68. The summed E-state index contributed by atoms with van der Waals surface area (Å²) in [6.45, 7) is 7.91. The van der Waals surface area contributed by atoms with E-state index >= 15 is 0 Å². The molecule has 0 bridgehead atoms. The van der Waals surface area contributed by atoms with Crippen molar-refractivity contribution >= 4 is 11.6 Å². The molecule has 0 atom stereocenters. The van der Waals surface area contributed by atoms with Crippen molar-refractivity contribution < 1.29 is 5.11 Å². The summed E-state index contributed by atoms with van der Waals surface area (Å²) in [5.41, 5.74) is 0.904. The van der Waals surface area contributed by atoms with Gasteiger partial charge in [-0.1, -0.05) is 18.2 Å². The quantitative estimate of drug-likeness (QED) is 0.495. The Hall–Kier alpha value is -2.17. The first-order valence-electron chi connectivity index (χ1n) is 6.85. The standard InChI is InChI=1S/C15H22N4O/c1-3-8-17-15(16-2)19-11-9-18(10-12-19)13-6-4-5-7-14(13)20/h3-7,20H,1,8-12H2,2H3,(H,16,17). The maximum Gasteiger partial charge on any atom is 0.194 e. The van der Waals surface area contributed by atoms with Crippen LogP contribution in [-0.4, -0.2) is 55.7 Å². The molecule has 2 N–H and O–H groups in total. The fourth-order valence-corrected chi connectivity index (χ4v) is 2.39. The third-order valence-corrected chi connectivity index (χ3v) is 3.42. The van der Waals surface area contributed by atoms with Crippen LogP contribution in [0.3, 0.4) is 0 Å². The summed E-state index contributed by atoms with van der Waals surface area (Å²) in [6, 6.07) is 7.48. The van der Waals surface area contributed by atoms with Crippen molar-refractivity contribution in [1.82, 2.24) is 10.2 Å². The zero-order valence-electron chi connectivity index (χ0n) is 11.9. The van der Waals surface area contributed by atoms with Crippen LogP contribution >= 0.6 is 0 Å². The summed E-state index contributed by atoms with van der Waals surface area (Å²) in [6.07, 6.45) is 1.82. The largest absolute Gasteiger partial charge is 0.506 e. The molecule has 1 fully saturated rings. The number of aromatic hydroxyl groups is 1. The zero-order valence-corrected chi connectivity index (χ0v) is 11.9. The lowest BCUT2D eigenvalue weighted by molar-refractivity contribution is 0.371. The van der Waals surface area contributed by atoms with Gasteiger partial charge in [0.1, 0.15) is 5.75 Å². The SMILES string of the molecule is C=CCNC(=NC)N1CCN(c2ccccc2O)CC1. The number of nitrogens with one attached hydrogen (secondary N) is 1. The van der Waals surface area contributed by atoms with E-state index in [0.717, 1.165) is 37.8 Å². The number of hydrogen-bond acceptors (Lipinski definition) is 3. The molecule has 20 heavy (non-hydrogen) atoms. The number of rotatable bonds is 3. The van der Waals surface area contributed by atoms with Crippen molar-refractivity contribution in [3.05, 3.63) is 36.9 Å². The van der Waals surface area contributed by atoms with Gasteiger partial charge in [-0.25, -0.2) is 0 Å². The van der Waals surface area contributed by atoms with Gasteiger partial charge < -0.3 is 20.2 Å². The zero-order chi connectivity index (χ0) is 14.4. The van der Waals surface area contributed by atoms with E-state index in [2.05, 4.69) is 26.7 Å². The molecule has 0 unspecified atom stereocenters. The van der Waals surface area contributed by atoms with E-state index in [1.807, 2.05) is 24.3 Å². The lowest BCUT2D eigenvalue weighted by Gasteiger charge is -2.37. The van der Waals surface area contributed by atoms with Crippen molar-refractivity contribution in [2.75, 3.05) is 44.7 Å². The third-order valence-electron chi connectivity index (χ3n) is 3.42. The van der Waals surface area contributed by atoms with Gasteiger partial charge in [-0.05, 0) is 12.1 Å². The van der Waals surface area contributed by atoms with Gasteiger partial charge >= 0.3 is 0 Å². The Kier molecular flexibility index (Phi) is 4.87. The number of hydrogen-bond donors (Lipinski definition) is 2. The van der Waals surface area contributed by atoms with Crippen LogP contribution in [0.25, 0.3) is 0 Å². The highest BCUT2D eigenvalue weighted by Crippen LogP contribution is 2.27. The lowest BCUT2D eigenvalue weighted by atomic mass is 10.2. The van der Waals surface area contributed by atoms with Gasteiger partial charge in [-0.15, -0.1) is 6.58 Å². The predicted octanol–water partition coefficient (Wildman–Crippen LogP) is 1.28. The van der Waals surface area contributed by atoms with Crippen LogP contribution in [0.1, 0.15) is 0 Å². The smallest absolute Gasteiger partial charge is 0.194 e. The van der Waals surface area contributed by atoms with Crippen LogP contribution in [0, 0.1) is 0 Å². The maximum atomic E-state index is 9.90. The highest BCUT2D eigenvalue weighted by atomic mass is 16.3. The molecule has 2 rings (SSSR count). The first kappa shape index (κ1) is 14.2. The molecule has 1 saturated heterocycles. The molecule has 5 nitrogen and oxygen atoms in total. The fraction of sp³-hybridized carbons (Fsp3) is 0.400. The molecular formula is C15H22N4O. The van der Waals surface area contributed by atoms with E-state index in [1.165, 1.54) is 0 Å². The van der Waals surface area contributed by atoms with E-state index in [0.29, 0.717) is 12.3 Å². The van der Waals surface area contributed by atoms with Gasteiger partial charge in [0, 0.05) is 39.8 Å². The maximum absolute atomic E-state index is 9.90. The van der Waals surface area contributed by atoms with Crippen LogP contribution in [0.5, 0.6) is 5.75 Å². The number of phenols is 1. The van der Waals surface area contributed by atoms with Crippen LogP contribution in [-0.2, 0) is 0 Å². The molecule has 0 amide bonds. The first-order valence-corrected chi connectivity index (χ1v) is 6.85. The molecule has 1 aromatic rings. The molecule has 0 aliphatic carbocycles. The summed E-state index contributed by atoms with van der Waals surface area (Å²) in [4.78, 5) is 8.70. The Morgan fingerprint density at radius 3 is 2.65 bits per heavy atom. The molecule has 108 valence electrons. The number of piperazine rings is 1. The molecule has 0 radical (unpaired) electrons. The van der Waals surface area contributed by atoms with Crippen LogP contribution in [0.4, 0.5) is 5.69 Å². The summed E-state index contributed by atoms with van der Waals surface area (Å²) in [5, 5.41) is 13.1. The Morgan fingerprint density at radius 2 is 2.05 bits per heavy atom. The van der Waals surface area contributed by atoms with Gasteiger partial charge in [0.15, 0.2) is 5.96 Å². The highest BCUT2D eigenvalue weighted by Gasteiger charge is 2.20. The minimum atomic E-state index is 0.343. The van der Waals surface area contributed by atoms with Crippen molar-refractivity contribution in [1.29, 1.82) is 0 Å². The number of para-hydroxylation sites is 2. The summed E-state index contributed by atoms with van der Waals surface area (Å²) in [5.74, 6) is 1.25. The number of anilines is 1. The summed E-state index contributed by atoms with van der Waals surface area (Å²) in [7, 11) is 1.79. The average molecular weight is 274 g/mol. The van der Waals surface area contributed by atoms with E-state index in [9.17, 15) is 5.11 Å². The molecule has 0 aromatic heterocycles. The summed E-state index contributed by atoms with van der Waals surface area (Å²) >= 11 is 0. The number of phenolic OH excluding ortho intramolecular Hbond substituents is 1. The predicted molar refractivity (Wildman–Crippen MR) is 83.5 cm³/mol. The van der Waals surface area contributed by atoms with Gasteiger partial charge in [0.25, 0.3) is 0 Å². The minimum Gasteiger partial charge on any atom is -0.506 e. The van der Waals surface area contributed by atoms with Gasteiger partial charge in [0.05, 0.1) is 5.69 Å². The average Bonchev–Trinajstić information content (AvgIpc) is 2.49. The van der Waals surface area contributed by atoms with E-state index in [-0.39, 0.29) is 0 Å². The van der Waals surface area contributed by atoms with Crippen molar-refractivity contribution in [2.45, 2.75) is 0 Å². The second-order valence-corrected chi connectivity index (χ2v) is 4.68. The number of benzene rings is 1. The molecular weight excluding hydrogens is 252 g/mol. The molecule has 1 aliphatic rings. The van der Waals surface area contributed by atoms with Crippen LogP contribution in [0.15, 0.2) is 41.9 Å². The Bertz CT molecular complexity index is 479. The van der Waals surface area contributed by atoms with Crippen LogP contribution < -0.4 is 10.2 Å². The first-order chi connectivity index (χ1) is 9.76. The Balaban J connectivity index is 1.95. The minimum absolute atomic E-state index is 0.343. The van der Waals surface area contributed by atoms with Gasteiger partial charge in [0.2, 0.25) is 0 Å². The van der Waals surface area contributed by atoms with Crippen molar-refractivity contribution in [3.63, 3.8) is 0 Å². The molecule has 0 spiro atoms. The molecule has 1 aliphatic heterocycles. The number of nitrogens with zero attached hydrogens (tertiary/aromatic N) is 3. The highest BCUT2D eigenvalue weighted by molar-refractivity contribution is 5.80. The monoisotopic (exact) mass is 274 g/mol. The summed E-state index contributed by atoms with van der Waals surface area (Å²) < 4.78 is 0. The number of guanidine groups is 1. The molecule has 5 heteroatoms. The van der Waals surface area contributed by atoms with E-state index in [1.54, 1.807) is 13.1 Å². The normalized spacial score (nSPS) is 16.1. The molecule has 1 heterocycles. The second kappa shape index (κ2) is 6.84. The molecule has 1 aromatic carbocycles. The topological polar surface area (TPSA) is 51.1 Å². The Labute approximate surface area is 120 Å². The lowest BCUT2D eigenvalue weighted by Crippen LogP contribution is -2.52. The van der Waals surface area contributed by atoms with Crippen LogP contribution in [0.2, 0.25) is 0 Å². The third kappa shape index (κ3) is 3.23. The van der Waals surface area contributed by atoms with Crippen molar-refractivity contribution in [3.8, 4) is 5.75 Å². The van der Waals surface area contributed by atoms with Crippen molar-refractivity contribution in [2.24, 2.45) is 4.99 Å². The van der Waals surface area contributed by atoms with E-state index < -0.39 is 0 Å². The fourth-order valence-electron chi connectivity index (χ4n) is 2.39. The molecule has 0 saturated carbocycles. The van der Waals surface area contributed by atoms with E-state index in [4.69, 9.17) is 0 Å². The Morgan fingerprint density at radius 1 is 1.35 bits per heavy atom. The van der Waals surface area contributed by atoms with Gasteiger partial charge in [-0.3, -0.25) is 4.99 Å². The number of aliphatic imine (C=N–C) groups is 1. The van der Waals surface area contributed by atoms with Gasteiger partial charge in [-0.2, -0.15) is 0 Å².